The van der Waals surface area contributed by atoms with E-state index in [0.717, 1.165) is 13.1 Å². The molecule has 0 radical (unpaired) electrons. The average molecular weight is 242 g/mol. The van der Waals surface area contributed by atoms with Crippen molar-refractivity contribution in [3.05, 3.63) is 0 Å². The van der Waals surface area contributed by atoms with Gasteiger partial charge in [-0.2, -0.15) is 5.10 Å². The summed E-state index contributed by atoms with van der Waals surface area (Å²) in [7, 11) is 0. The van der Waals surface area contributed by atoms with Crippen LogP contribution < -0.4 is 5.43 Å². The van der Waals surface area contributed by atoms with Gasteiger partial charge in [0, 0.05) is 13.1 Å². The number of hydrazone groups is 1. The molecule has 0 aromatic heterocycles. The fourth-order valence-electron chi connectivity index (χ4n) is 1.30. The Morgan fingerprint density at radius 3 is 2.59 bits per heavy atom. The van der Waals surface area contributed by atoms with Crippen LogP contribution in [0.25, 0.3) is 0 Å². The Hall–Kier alpha value is -1.47. The van der Waals surface area contributed by atoms with E-state index in [1.165, 1.54) is 0 Å². The number of nitrogens with zero attached hydrogens (tertiary/aromatic N) is 3. The first kappa shape index (κ1) is 13.6. The molecule has 7 heteroatoms. The van der Waals surface area contributed by atoms with Gasteiger partial charge in [0.05, 0.1) is 31.2 Å². The molecule has 0 bridgehead atoms. The van der Waals surface area contributed by atoms with E-state index in [1.807, 2.05) is 4.90 Å². The SMILES string of the molecule is CC(=N\O)/C(C)=N/NC(=O)CN1CCOCC1. The number of nitrogens with one attached hydrogen (secondary N) is 1. The second-order valence-electron chi connectivity index (χ2n) is 3.81. The van der Waals surface area contributed by atoms with Crippen molar-refractivity contribution < 1.29 is 14.7 Å². The molecule has 1 aliphatic rings. The molecule has 2 N–H and O–H groups in total. The number of ether oxygens (including phenoxy) is 1. The molecule has 17 heavy (non-hydrogen) atoms. The van der Waals surface area contributed by atoms with E-state index in [0.29, 0.717) is 31.2 Å². The molecule has 0 saturated carbocycles. The first-order valence-electron chi connectivity index (χ1n) is 5.45. The summed E-state index contributed by atoms with van der Waals surface area (Å²) < 4.78 is 5.18. The fraction of sp³-hybridized carbons (Fsp3) is 0.700. The minimum atomic E-state index is -0.183. The van der Waals surface area contributed by atoms with E-state index in [1.54, 1.807) is 13.8 Å². The normalized spacial score (nSPS) is 19.2. The number of carbonyl (C=O) groups is 1. The molecule has 0 unspecified atom stereocenters. The third-order valence-electron chi connectivity index (χ3n) is 2.49. The minimum absolute atomic E-state index is 0.183. The molecule has 1 saturated heterocycles. The Labute approximate surface area is 100 Å². The fourth-order valence-corrected chi connectivity index (χ4v) is 1.30. The molecular weight excluding hydrogens is 224 g/mol. The zero-order valence-electron chi connectivity index (χ0n) is 10.1. The number of amides is 1. The molecular formula is C10H18N4O3. The molecule has 0 aliphatic carbocycles. The van der Waals surface area contributed by atoms with Crippen LogP contribution >= 0.6 is 0 Å². The number of hydrogen-bond donors (Lipinski definition) is 2. The molecule has 1 aliphatic heterocycles. The zero-order chi connectivity index (χ0) is 12.7. The molecule has 1 heterocycles. The van der Waals surface area contributed by atoms with Crippen molar-refractivity contribution in [2.24, 2.45) is 10.3 Å². The summed E-state index contributed by atoms with van der Waals surface area (Å²) in [5, 5.41) is 15.3. The maximum Gasteiger partial charge on any atom is 0.254 e. The maximum atomic E-state index is 11.5. The van der Waals surface area contributed by atoms with Crippen LogP contribution in [0.15, 0.2) is 10.3 Å². The number of rotatable bonds is 4. The maximum absolute atomic E-state index is 11.5. The van der Waals surface area contributed by atoms with Gasteiger partial charge in [-0.25, -0.2) is 5.43 Å². The van der Waals surface area contributed by atoms with Gasteiger partial charge in [0.1, 0.15) is 0 Å². The largest absolute Gasteiger partial charge is 0.411 e. The Morgan fingerprint density at radius 2 is 2.00 bits per heavy atom. The predicted molar refractivity (Wildman–Crippen MR) is 63.4 cm³/mol. The quantitative estimate of drug-likeness (QED) is 0.401. The molecule has 1 rings (SSSR count). The van der Waals surface area contributed by atoms with Gasteiger partial charge in [-0.3, -0.25) is 9.69 Å². The van der Waals surface area contributed by atoms with E-state index in [-0.39, 0.29) is 5.91 Å². The molecule has 0 aromatic carbocycles. The van der Waals surface area contributed by atoms with Crippen molar-refractivity contribution in [2.45, 2.75) is 13.8 Å². The van der Waals surface area contributed by atoms with Gasteiger partial charge in [0.2, 0.25) is 0 Å². The summed E-state index contributed by atoms with van der Waals surface area (Å²) >= 11 is 0. The standard InChI is InChI=1S/C10H18N4O3/c1-8(9(2)13-16)11-12-10(15)7-14-3-5-17-6-4-14/h16H,3-7H2,1-2H3,(H,12,15)/b11-8+,13-9+. The van der Waals surface area contributed by atoms with Gasteiger partial charge in [-0.1, -0.05) is 5.16 Å². The van der Waals surface area contributed by atoms with Crippen molar-refractivity contribution >= 4 is 17.3 Å². The van der Waals surface area contributed by atoms with Crippen LogP contribution in [-0.4, -0.2) is 60.3 Å². The molecule has 0 atom stereocenters. The summed E-state index contributed by atoms with van der Waals surface area (Å²) in [6, 6.07) is 0. The molecule has 7 nitrogen and oxygen atoms in total. The van der Waals surface area contributed by atoms with Crippen molar-refractivity contribution in [1.29, 1.82) is 0 Å². The topological polar surface area (TPSA) is 86.5 Å². The van der Waals surface area contributed by atoms with Gasteiger partial charge >= 0.3 is 0 Å². The zero-order valence-corrected chi connectivity index (χ0v) is 10.1. The lowest BCUT2D eigenvalue weighted by Crippen LogP contribution is -2.42. The Morgan fingerprint density at radius 1 is 1.35 bits per heavy atom. The van der Waals surface area contributed by atoms with E-state index >= 15 is 0 Å². The summed E-state index contributed by atoms with van der Waals surface area (Å²) in [6.07, 6.45) is 0. The lowest BCUT2D eigenvalue weighted by Gasteiger charge is -2.25. The van der Waals surface area contributed by atoms with Gasteiger partial charge < -0.3 is 9.94 Å². The van der Waals surface area contributed by atoms with Crippen LogP contribution in [0, 0.1) is 0 Å². The van der Waals surface area contributed by atoms with E-state index in [4.69, 9.17) is 9.94 Å². The first-order chi connectivity index (χ1) is 8.13. The van der Waals surface area contributed by atoms with Crippen LogP contribution in [0.1, 0.15) is 13.8 Å². The molecule has 0 spiro atoms. The highest BCUT2D eigenvalue weighted by Crippen LogP contribution is 1.95. The molecule has 0 aromatic rings. The van der Waals surface area contributed by atoms with Gasteiger partial charge in [0.15, 0.2) is 0 Å². The number of oxime groups is 1. The van der Waals surface area contributed by atoms with Gasteiger partial charge in [-0.05, 0) is 13.8 Å². The third kappa shape index (κ3) is 4.92. The van der Waals surface area contributed by atoms with Crippen LogP contribution in [0.3, 0.4) is 0 Å². The Kier molecular flexibility index (Phi) is 5.58. The molecule has 1 amide bonds. The van der Waals surface area contributed by atoms with Crippen molar-refractivity contribution in [2.75, 3.05) is 32.8 Å². The summed E-state index contributed by atoms with van der Waals surface area (Å²) in [4.78, 5) is 13.5. The van der Waals surface area contributed by atoms with Crippen LogP contribution in [0.4, 0.5) is 0 Å². The van der Waals surface area contributed by atoms with E-state index in [2.05, 4.69) is 15.7 Å². The van der Waals surface area contributed by atoms with Crippen LogP contribution in [0.5, 0.6) is 0 Å². The average Bonchev–Trinajstić information content (AvgIpc) is 2.36. The van der Waals surface area contributed by atoms with Gasteiger partial charge in [-0.15, -0.1) is 0 Å². The van der Waals surface area contributed by atoms with E-state index < -0.39 is 0 Å². The Bertz CT molecular complexity index is 322. The lowest BCUT2D eigenvalue weighted by atomic mass is 10.3. The van der Waals surface area contributed by atoms with Crippen molar-refractivity contribution in [1.82, 2.24) is 10.3 Å². The smallest absolute Gasteiger partial charge is 0.254 e. The van der Waals surface area contributed by atoms with Crippen LogP contribution in [0.2, 0.25) is 0 Å². The van der Waals surface area contributed by atoms with Gasteiger partial charge in [0.25, 0.3) is 5.91 Å². The second kappa shape index (κ2) is 6.97. The van der Waals surface area contributed by atoms with Crippen molar-refractivity contribution in [3.63, 3.8) is 0 Å². The number of hydrogen-bond acceptors (Lipinski definition) is 6. The first-order valence-corrected chi connectivity index (χ1v) is 5.45. The number of carbonyl (C=O) groups excluding carboxylic acids is 1. The second-order valence-corrected chi connectivity index (χ2v) is 3.81. The van der Waals surface area contributed by atoms with Crippen LogP contribution in [-0.2, 0) is 9.53 Å². The predicted octanol–water partition coefficient (Wildman–Crippen LogP) is -0.339. The molecule has 1 fully saturated rings. The highest BCUT2D eigenvalue weighted by atomic mass is 16.5. The molecule has 96 valence electrons. The minimum Gasteiger partial charge on any atom is -0.411 e. The van der Waals surface area contributed by atoms with E-state index in [9.17, 15) is 4.79 Å². The number of morpholine rings is 1. The Balaban J connectivity index is 2.34. The summed E-state index contributed by atoms with van der Waals surface area (Å²) in [5.74, 6) is -0.183. The third-order valence-corrected chi connectivity index (χ3v) is 2.49. The monoisotopic (exact) mass is 242 g/mol. The summed E-state index contributed by atoms with van der Waals surface area (Å²) in [5.41, 5.74) is 3.27. The van der Waals surface area contributed by atoms with Crippen molar-refractivity contribution in [3.8, 4) is 0 Å². The highest BCUT2D eigenvalue weighted by Gasteiger charge is 2.13. The summed E-state index contributed by atoms with van der Waals surface area (Å²) in [6.45, 7) is 6.39. The highest BCUT2D eigenvalue weighted by molar-refractivity contribution is 6.40. The lowest BCUT2D eigenvalue weighted by molar-refractivity contribution is -0.123.